The molecule has 5 heteroatoms. The van der Waals surface area contributed by atoms with Crippen molar-refractivity contribution in [1.82, 2.24) is 4.98 Å². The highest BCUT2D eigenvalue weighted by Crippen LogP contribution is 2.41. The lowest BCUT2D eigenvalue weighted by Crippen LogP contribution is -1.97. The van der Waals surface area contributed by atoms with E-state index < -0.39 is 0 Å². The number of thiazole rings is 1. The van der Waals surface area contributed by atoms with E-state index >= 15 is 0 Å². The van der Waals surface area contributed by atoms with Gasteiger partial charge in [0, 0.05) is 0 Å². The van der Waals surface area contributed by atoms with E-state index in [1.165, 1.54) is 11.3 Å². The number of para-hydroxylation sites is 1. The van der Waals surface area contributed by atoms with Gasteiger partial charge in [0.1, 0.15) is 16.0 Å². The topological polar surface area (TPSA) is 55.1 Å². The van der Waals surface area contributed by atoms with Crippen molar-refractivity contribution >= 4 is 11.3 Å². The first-order valence-electron chi connectivity index (χ1n) is 6.83. The summed E-state index contributed by atoms with van der Waals surface area (Å²) in [5.41, 5.74) is 1.70. The molecule has 0 unspecified atom stereocenters. The third-order valence-electron chi connectivity index (χ3n) is 3.02. The third kappa shape index (κ3) is 3.01. The molecule has 0 fully saturated rings. The van der Waals surface area contributed by atoms with E-state index in [2.05, 4.69) is 11.1 Å². The maximum atomic E-state index is 9.27. The van der Waals surface area contributed by atoms with Gasteiger partial charge in [-0.15, -0.1) is 11.3 Å². The molecule has 0 aliphatic heterocycles. The van der Waals surface area contributed by atoms with Gasteiger partial charge in [-0.2, -0.15) is 5.26 Å². The van der Waals surface area contributed by atoms with Crippen molar-refractivity contribution in [1.29, 1.82) is 5.26 Å². The molecule has 4 nitrogen and oxygen atoms in total. The molecule has 0 saturated carbocycles. The van der Waals surface area contributed by atoms with E-state index in [4.69, 9.17) is 9.47 Å². The van der Waals surface area contributed by atoms with Crippen LogP contribution in [0.3, 0.4) is 0 Å². The SMILES string of the molecule is CCOc1c(OC)cccc1-c1nc(C(C)C)c(C#N)s1. The van der Waals surface area contributed by atoms with Crippen LogP contribution in [0, 0.1) is 11.3 Å². The molecule has 1 heterocycles. The molecule has 0 aliphatic rings. The first-order chi connectivity index (χ1) is 10.1. The van der Waals surface area contributed by atoms with E-state index in [9.17, 15) is 5.26 Å². The van der Waals surface area contributed by atoms with Crippen LogP contribution < -0.4 is 9.47 Å². The Morgan fingerprint density at radius 3 is 2.67 bits per heavy atom. The number of nitriles is 1. The highest BCUT2D eigenvalue weighted by atomic mass is 32.1. The second kappa shape index (κ2) is 6.59. The Hall–Kier alpha value is -2.06. The largest absolute Gasteiger partial charge is 0.493 e. The Labute approximate surface area is 129 Å². The first kappa shape index (κ1) is 15.3. The van der Waals surface area contributed by atoms with Gasteiger partial charge in [-0.25, -0.2) is 4.98 Å². The third-order valence-corrected chi connectivity index (χ3v) is 4.03. The molecule has 110 valence electrons. The van der Waals surface area contributed by atoms with Crippen LogP contribution in [-0.4, -0.2) is 18.7 Å². The maximum Gasteiger partial charge on any atom is 0.171 e. The first-order valence-corrected chi connectivity index (χ1v) is 7.65. The van der Waals surface area contributed by atoms with Crippen LogP contribution in [-0.2, 0) is 0 Å². The highest BCUT2D eigenvalue weighted by molar-refractivity contribution is 7.15. The lowest BCUT2D eigenvalue weighted by molar-refractivity contribution is 0.312. The average Bonchev–Trinajstić information content (AvgIpc) is 2.92. The number of benzene rings is 1. The fourth-order valence-electron chi connectivity index (χ4n) is 2.06. The van der Waals surface area contributed by atoms with Crippen molar-refractivity contribution < 1.29 is 9.47 Å². The lowest BCUT2D eigenvalue weighted by atomic mass is 10.1. The normalized spacial score (nSPS) is 10.5. The summed E-state index contributed by atoms with van der Waals surface area (Å²) in [4.78, 5) is 5.29. The van der Waals surface area contributed by atoms with Gasteiger partial charge in [-0.1, -0.05) is 19.9 Å². The molecule has 0 radical (unpaired) electrons. The summed E-state index contributed by atoms with van der Waals surface area (Å²) in [5, 5.41) is 10.1. The van der Waals surface area contributed by atoms with Crippen LogP contribution >= 0.6 is 11.3 Å². The standard InChI is InChI=1S/C16H18N2O2S/c1-5-20-15-11(7-6-8-12(15)19-4)16-18-14(10(2)3)13(9-17)21-16/h6-8,10H,5H2,1-4H3. The van der Waals surface area contributed by atoms with Crippen LogP contribution in [0.4, 0.5) is 0 Å². The molecule has 0 aliphatic carbocycles. The molecule has 1 aromatic heterocycles. The van der Waals surface area contributed by atoms with Crippen molar-refractivity contribution in [2.24, 2.45) is 0 Å². The van der Waals surface area contributed by atoms with E-state index in [1.54, 1.807) is 7.11 Å². The molecule has 0 amide bonds. The number of rotatable bonds is 5. The monoisotopic (exact) mass is 302 g/mol. The van der Waals surface area contributed by atoms with Gasteiger partial charge in [-0.05, 0) is 25.0 Å². The van der Waals surface area contributed by atoms with E-state index in [0.29, 0.717) is 23.0 Å². The molecular formula is C16H18N2O2S. The molecule has 2 rings (SSSR count). The second-order valence-corrected chi connectivity index (χ2v) is 5.77. The average molecular weight is 302 g/mol. The van der Waals surface area contributed by atoms with Crippen molar-refractivity contribution in [3.8, 4) is 28.1 Å². The van der Waals surface area contributed by atoms with Gasteiger partial charge in [0.2, 0.25) is 0 Å². The summed E-state index contributed by atoms with van der Waals surface area (Å²) in [6.07, 6.45) is 0. The van der Waals surface area contributed by atoms with E-state index in [-0.39, 0.29) is 5.92 Å². The molecule has 0 bridgehead atoms. The van der Waals surface area contributed by atoms with Crippen LogP contribution in [0.15, 0.2) is 18.2 Å². The fourth-order valence-corrected chi connectivity index (χ4v) is 3.10. The summed E-state index contributed by atoms with van der Waals surface area (Å²) < 4.78 is 11.1. The molecule has 0 spiro atoms. The zero-order valence-corrected chi connectivity index (χ0v) is 13.5. The second-order valence-electron chi connectivity index (χ2n) is 4.77. The minimum atomic E-state index is 0.214. The smallest absolute Gasteiger partial charge is 0.171 e. The number of aromatic nitrogens is 1. The van der Waals surface area contributed by atoms with E-state index in [0.717, 1.165) is 16.3 Å². The van der Waals surface area contributed by atoms with Gasteiger partial charge in [0.05, 0.1) is 25.0 Å². The van der Waals surface area contributed by atoms with Crippen LogP contribution in [0.1, 0.15) is 37.3 Å². The van der Waals surface area contributed by atoms with E-state index in [1.807, 2.05) is 39.0 Å². The Kier molecular flexibility index (Phi) is 4.81. The highest BCUT2D eigenvalue weighted by Gasteiger charge is 2.19. The zero-order valence-electron chi connectivity index (χ0n) is 12.6. The molecular weight excluding hydrogens is 284 g/mol. The minimum Gasteiger partial charge on any atom is -0.493 e. The Morgan fingerprint density at radius 1 is 1.38 bits per heavy atom. The summed E-state index contributed by atoms with van der Waals surface area (Å²) in [5.74, 6) is 1.57. The molecule has 0 N–H and O–H groups in total. The Bertz CT molecular complexity index is 671. The Balaban J connectivity index is 2.59. The summed E-state index contributed by atoms with van der Waals surface area (Å²) >= 11 is 1.39. The van der Waals surface area contributed by atoms with Gasteiger partial charge in [0.15, 0.2) is 11.5 Å². The number of hydrogen-bond acceptors (Lipinski definition) is 5. The molecule has 2 aromatic rings. The van der Waals surface area contributed by atoms with Crippen molar-refractivity contribution in [2.75, 3.05) is 13.7 Å². The molecule has 1 aromatic carbocycles. The van der Waals surface area contributed by atoms with Crippen molar-refractivity contribution in [2.45, 2.75) is 26.7 Å². The van der Waals surface area contributed by atoms with Gasteiger partial charge >= 0.3 is 0 Å². The molecule has 21 heavy (non-hydrogen) atoms. The van der Waals surface area contributed by atoms with Gasteiger partial charge in [0.25, 0.3) is 0 Å². The fraction of sp³-hybridized carbons (Fsp3) is 0.375. The van der Waals surface area contributed by atoms with Crippen molar-refractivity contribution in [3.63, 3.8) is 0 Å². The quantitative estimate of drug-likeness (QED) is 0.830. The van der Waals surface area contributed by atoms with Crippen molar-refractivity contribution in [3.05, 3.63) is 28.8 Å². The lowest BCUT2D eigenvalue weighted by Gasteiger charge is -2.12. The Morgan fingerprint density at radius 2 is 2.14 bits per heavy atom. The summed E-state index contributed by atoms with van der Waals surface area (Å²) in [6, 6.07) is 7.93. The maximum absolute atomic E-state index is 9.27. The number of methoxy groups -OCH3 is 1. The zero-order chi connectivity index (χ0) is 15.4. The number of hydrogen-bond donors (Lipinski definition) is 0. The van der Waals surface area contributed by atoms with Crippen LogP contribution in [0.25, 0.3) is 10.6 Å². The predicted molar refractivity (Wildman–Crippen MR) is 84.1 cm³/mol. The summed E-state index contributed by atoms with van der Waals surface area (Å²) in [7, 11) is 1.61. The van der Waals surface area contributed by atoms with Gasteiger partial charge < -0.3 is 9.47 Å². The van der Waals surface area contributed by atoms with Crippen LogP contribution in [0.5, 0.6) is 11.5 Å². The molecule has 0 saturated heterocycles. The molecule has 0 atom stereocenters. The summed E-state index contributed by atoms with van der Waals surface area (Å²) in [6.45, 7) is 6.54. The number of nitrogens with zero attached hydrogens (tertiary/aromatic N) is 2. The van der Waals surface area contributed by atoms with Crippen LogP contribution in [0.2, 0.25) is 0 Å². The predicted octanol–water partition coefficient (Wildman–Crippen LogP) is 4.21. The number of ether oxygens (including phenoxy) is 2. The van der Waals surface area contributed by atoms with Gasteiger partial charge in [-0.3, -0.25) is 0 Å². The minimum absolute atomic E-state index is 0.214.